The molecule has 0 N–H and O–H groups in total. The molecule has 2 aliphatic rings. The molecule has 2 aromatic carbocycles. The zero-order valence-electron chi connectivity index (χ0n) is 20.2. The molecule has 0 radical (unpaired) electrons. The Kier molecular flexibility index (Phi) is 5.90. The van der Waals surface area contributed by atoms with E-state index in [1.54, 1.807) is 18.7 Å². The molecule has 4 aromatic rings. The molecule has 2 fully saturated rings. The van der Waals surface area contributed by atoms with Crippen LogP contribution < -0.4 is 0 Å². The number of carbonyl (C=O) groups is 1. The normalized spacial score (nSPS) is 19.6. The van der Waals surface area contributed by atoms with Gasteiger partial charge < -0.3 is 9.64 Å². The molecule has 7 nitrogen and oxygen atoms in total. The van der Waals surface area contributed by atoms with Crippen molar-refractivity contribution in [2.75, 3.05) is 19.8 Å². The molecule has 4 heterocycles. The summed E-state index contributed by atoms with van der Waals surface area (Å²) in [5.74, 6) is 0.906. The van der Waals surface area contributed by atoms with Gasteiger partial charge in [-0.2, -0.15) is 5.26 Å². The van der Waals surface area contributed by atoms with E-state index in [4.69, 9.17) is 4.74 Å². The molecule has 2 aliphatic heterocycles. The van der Waals surface area contributed by atoms with Crippen LogP contribution in [0.5, 0.6) is 0 Å². The minimum absolute atomic E-state index is 0.0440. The average molecular weight is 498 g/mol. The van der Waals surface area contributed by atoms with Gasteiger partial charge in [0.25, 0.3) is 0 Å². The first-order chi connectivity index (χ1) is 17.6. The lowest BCUT2D eigenvalue weighted by molar-refractivity contribution is -0.129. The second kappa shape index (κ2) is 9.23. The third kappa shape index (κ3) is 3.93. The lowest BCUT2D eigenvalue weighted by atomic mass is 9.75. The first-order valence-electron chi connectivity index (χ1n) is 12.4. The number of amides is 1. The van der Waals surface area contributed by atoms with Gasteiger partial charge in [-0.1, -0.05) is 23.9 Å². The Morgan fingerprint density at radius 2 is 1.94 bits per heavy atom. The van der Waals surface area contributed by atoms with Crippen molar-refractivity contribution < 1.29 is 9.53 Å². The fourth-order valence-corrected chi connectivity index (χ4v) is 6.49. The third-order valence-corrected chi connectivity index (χ3v) is 8.48. The molecule has 2 saturated heterocycles. The predicted molar refractivity (Wildman–Crippen MR) is 138 cm³/mol. The van der Waals surface area contributed by atoms with E-state index < -0.39 is 5.41 Å². The molecule has 1 amide bonds. The Labute approximate surface area is 214 Å². The van der Waals surface area contributed by atoms with Gasteiger partial charge in [-0.3, -0.25) is 9.20 Å². The van der Waals surface area contributed by atoms with Crippen LogP contribution in [0.4, 0.5) is 0 Å². The zero-order valence-corrected chi connectivity index (χ0v) is 21.0. The number of aromatic nitrogens is 3. The largest absolute Gasteiger partial charge is 0.381 e. The molecule has 8 heteroatoms. The maximum Gasteiger partial charge on any atom is 0.220 e. The van der Waals surface area contributed by atoms with E-state index in [-0.39, 0.29) is 11.9 Å². The molecule has 1 atom stereocenters. The summed E-state index contributed by atoms with van der Waals surface area (Å²) in [5.41, 5.74) is 2.43. The van der Waals surface area contributed by atoms with Crippen molar-refractivity contribution in [1.29, 1.82) is 5.26 Å². The molecule has 36 heavy (non-hydrogen) atoms. The SMILES string of the molecule is CC(=O)N1CCC[C@@H]1c1nnc2ccc3cc(Sc4cccc(C5(C#N)CCOCC5)c4)ccc3n12. The Hall–Kier alpha value is -3.41. The second-order valence-electron chi connectivity index (χ2n) is 9.61. The quantitative estimate of drug-likeness (QED) is 0.381. The number of rotatable bonds is 4. The van der Waals surface area contributed by atoms with Gasteiger partial charge in [-0.05, 0) is 79.1 Å². The van der Waals surface area contributed by atoms with Crippen LogP contribution >= 0.6 is 11.8 Å². The Morgan fingerprint density at radius 1 is 1.11 bits per heavy atom. The van der Waals surface area contributed by atoms with Crippen molar-refractivity contribution in [3.05, 3.63) is 66.0 Å². The van der Waals surface area contributed by atoms with Gasteiger partial charge in [-0.15, -0.1) is 10.2 Å². The molecule has 2 aromatic heterocycles. The standard InChI is InChI=1S/C28H27N5O2S/c1-19(34)32-13-3-6-25(32)27-31-30-26-10-7-20-16-23(8-9-24(20)33(26)27)36-22-5-2-4-21(17-22)28(18-29)11-14-35-15-12-28/h2,4-5,7-10,16-17,25H,3,6,11-15H2,1H3/t25-/m1/s1. The summed E-state index contributed by atoms with van der Waals surface area (Å²) in [4.78, 5) is 16.3. The predicted octanol–water partition coefficient (Wildman–Crippen LogP) is 5.29. The molecule has 182 valence electrons. The highest BCUT2D eigenvalue weighted by Crippen LogP contribution is 2.38. The lowest BCUT2D eigenvalue weighted by Gasteiger charge is -2.31. The number of ether oxygens (including phenoxy) is 1. The van der Waals surface area contributed by atoms with Crippen molar-refractivity contribution in [2.24, 2.45) is 0 Å². The number of nitrogens with zero attached hydrogens (tertiary/aromatic N) is 5. The summed E-state index contributed by atoms with van der Waals surface area (Å²) in [6.45, 7) is 3.64. The number of fused-ring (bicyclic) bond motifs is 3. The molecule has 0 aliphatic carbocycles. The third-order valence-electron chi connectivity index (χ3n) is 7.50. The van der Waals surface area contributed by atoms with Gasteiger partial charge in [0, 0.05) is 36.5 Å². The highest BCUT2D eigenvalue weighted by atomic mass is 32.2. The van der Waals surface area contributed by atoms with Gasteiger partial charge in [0.2, 0.25) is 5.91 Å². The minimum Gasteiger partial charge on any atom is -0.381 e. The number of likely N-dealkylation sites (tertiary alicyclic amines) is 1. The molecule has 0 spiro atoms. The summed E-state index contributed by atoms with van der Waals surface area (Å²) >= 11 is 1.70. The van der Waals surface area contributed by atoms with Crippen LogP contribution in [0.1, 0.15) is 50.0 Å². The van der Waals surface area contributed by atoms with Crippen molar-refractivity contribution in [1.82, 2.24) is 19.5 Å². The number of carbonyl (C=O) groups excluding carboxylic acids is 1. The molecular weight excluding hydrogens is 470 g/mol. The zero-order chi connectivity index (χ0) is 24.7. The van der Waals surface area contributed by atoms with E-state index in [0.29, 0.717) is 13.2 Å². The van der Waals surface area contributed by atoms with Crippen molar-refractivity contribution in [3.8, 4) is 6.07 Å². The summed E-state index contributed by atoms with van der Waals surface area (Å²) in [6.07, 6.45) is 3.33. The second-order valence-corrected chi connectivity index (χ2v) is 10.8. The average Bonchev–Trinajstić information content (AvgIpc) is 3.56. The van der Waals surface area contributed by atoms with Gasteiger partial charge in [0.05, 0.1) is 23.0 Å². The summed E-state index contributed by atoms with van der Waals surface area (Å²) in [5, 5.41) is 20.0. The number of benzene rings is 2. The van der Waals surface area contributed by atoms with Gasteiger partial charge >= 0.3 is 0 Å². The van der Waals surface area contributed by atoms with Crippen LogP contribution in [0.15, 0.2) is 64.4 Å². The Balaban J connectivity index is 1.34. The van der Waals surface area contributed by atoms with Crippen LogP contribution in [0.25, 0.3) is 16.6 Å². The Morgan fingerprint density at radius 3 is 2.75 bits per heavy atom. The van der Waals surface area contributed by atoms with Crippen molar-refractivity contribution in [3.63, 3.8) is 0 Å². The van der Waals surface area contributed by atoms with E-state index in [9.17, 15) is 10.1 Å². The van der Waals surface area contributed by atoms with E-state index in [0.717, 1.165) is 70.0 Å². The number of pyridine rings is 1. The van der Waals surface area contributed by atoms with Gasteiger partial charge in [0.1, 0.15) is 0 Å². The fourth-order valence-electron chi connectivity index (χ4n) is 5.57. The highest BCUT2D eigenvalue weighted by molar-refractivity contribution is 7.99. The topological polar surface area (TPSA) is 83.5 Å². The molecule has 0 saturated carbocycles. The van der Waals surface area contributed by atoms with E-state index in [1.807, 2.05) is 17.0 Å². The van der Waals surface area contributed by atoms with Crippen LogP contribution in [-0.4, -0.2) is 45.2 Å². The van der Waals surface area contributed by atoms with Crippen molar-refractivity contribution in [2.45, 2.75) is 53.9 Å². The number of nitriles is 1. The van der Waals surface area contributed by atoms with Gasteiger partial charge in [-0.25, -0.2) is 0 Å². The highest BCUT2D eigenvalue weighted by Gasteiger charge is 2.35. The van der Waals surface area contributed by atoms with Crippen LogP contribution in [0.3, 0.4) is 0 Å². The van der Waals surface area contributed by atoms with E-state index in [1.165, 1.54) is 0 Å². The van der Waals surface area contributed by atoms with Gasteiger partial charge in [0.15, 0.2) is 11.5 Å². The van der Waals surface area contributed by atoms with E-state index >= 15 is 0 Å². The van der Waals surface area contributed by atoms with Crippen LogP contribution in [-0.2, 0) is 14.9 Å². The summed E-state index contributed by atoms with van der Waals surface area (Å²) < 4.78 is 7.61. The maximum absolute atomic E-state index is 12.2. The molecule has 0 unspecified atom stereocenters. The fraction of sp³-hybridized carbons (Fsp3) is 0.357. The lowest BCUT2D eigenvalue weighted by Crippen LogP contribution is -2.32. The van der Waals surface area contributed by atoms with Crippen LogP contribution in [0, 0.1) is 11.3 Å². The number of hydrogen-bond acceptors (Lipinski definition) is 6. The Bertz CT molecular complexity index is 1500. The van der Waals surface area contributed by atoms with Crippen LogP contribution in [0.2, 0.25) is 0 Å². The molecule has 0 bridgehead atoms. The maximum atomic E-state index is 12.2. The summed E-state index contributed by atoms with van der Waals surface area (Å²) in [7, 11) is 0. The van der Waals surface area contributed by atoms with E-state index in [2.05, 4.69) is 63.1 Å². The minimum atomic E-state index is -0.470. The number of hydrogen-bond donors (Lipinski definition) is 0. The monoisotopic (exact) mass is 497 g/mol. The first kappa shape index (κ1) is 23.0. The smallest absolute Gasteiger partial charge is 0.220 e. The first-order valence-corrected chi connectivity index (χ1v) is 13.2. The molecule has 6 rings (SSSR count). The summed E-state index contributed by atoms with van der Waals surface area (Å²) in [6, 6.07) is 21.4. The van der Waals surface area contributed by atoms with Crippen molar-refractivity contribution >= 4 is 34.2 Å². The molecular formula is C28H27N5O2S.